The Morgan fingerprint density at radius 2 is 1.86 bits per heavy atom. The summed E-state index contributed by atoms with van der Waals surface area (Å²) in [5, 5.41) is 2.76. The molecule has 1 fully saturated rings. The van der Waals surface area contributed by atoms with Crippen LogP contribution in [-0.2, 0) is 11.3 Å². The molecular formula is C19H22FN5O3. The van der Waals surface area contributed by atoms with Crippen molar-refractivity contribution in [1.82, 2.24) is 20.2 Å². The summed E-state index contributed by atoms with van der Waals surface area (Å²) in [7, 11) is 0. The lowest BCUT2D eigenvalue weighted by atomic mass is 10.2. The van der Waals surface area contributed by atoms with E-state index >= 15 is 0 Å². The predicted molar refractivity (Wildman–Crippen MR) is 100 cm³/mol. The molecule has 2 amide bonds. The Morgan fingerprint density at radius 1 is 1.14 bits per heavy atom. The number of carbonyl (C=O) groups is 2. The normalized spacial score (nSPS) is 13.9. The third-order valence-electron chi connectivity index (χ3n) is 4.38. The molecule has 1 aliphatic heterocycles. The van der Waals surface area contributed by atoms with Gasteiger partial charge in [-0.2, -0.15) is 0 Å². The molecule has 9 heteroatoms. The van der Waals surface area contributed by atoms with E-state index in [1.807, 2.05) is 4.90 Å². The second kappa shape index (κ2) is 9.12. The zero-order chi connectivity index (χ0) is 19.9. The smallest absolute Gasteiger partial charge is 0.409 e. The maximum Gasteiger partial charge on any atom is 0.409 e. The van der Waals surface area contributed by atoms with Crippen LogP contribution in [0.1, 0.15) is 23.0 Å². The average Bonchev–Trinajstić information content (AvgIpc) is 2.73. The zero-order valence-corrected chi connectivity index (χ0v) is 15.6. The molecule has 1 aromatic heterocycles. The molecule has 148 valence electrons. The zero-order valence-electron chi connectivity index (χ0n) is 15.6. The fourth-order valence-electron chi connectivity index (χ4n) is 2.85. The molecule has 1 aliphatic rings. The molecule has 8 nitrogen and oxygen atoms in total. The number of rotatable bonds is 5. The lowest BCUT2D eigenvalue weighted by Crippen LogP contribution is -2.49. The molecular weight excluding hydrogens is 365 g/mol. The number of nitrogens with zero attached hydrogens (tertiary/aromatic N) is 4. The van der Waals surface area contributed by atoms with Crippen molar-refractivity contribution < 1.29 is 18.7 Å². The van der Waals surface area contributed by atoms with E-state index in [4.69, 9.17) is 4.74 Å². The minimum Gasteiger partial charge on any atom is -0.450 e. The number of halogens is 1. The molecule has 2 heterocycles. The summed E-state index contributed by atoms with van der Waals surface area (Å²) in [5.74, 6) is -0.0258. The second-order valence-electron chi connectivity index (χ2n) is 6.24. The van der Waals surface area contributed by atoms with E-state index in [2.05, 4.69) is 15.3 Å². The molecule has 0 aliphatic carbocycles. The topological polar surface area (TPSA) is 87.7 Å². The number of hydrogen-bond donors (Lipinski definition) is 1. The first-order valence-corrected chi connectivity index (χ1v) is 9.08. The SMILES string of the molecule is CCOC(=O)N1CCN(c2cc(C(=O)NCc3ccc(F)cc3)ncn2)CC1. The second-order valence-corrected chi connectivity index (χ2v) is 6.24. The van der Waals surface area contributed by atoms with E-state index in [9.17, 15) is 14.0 Å². The Morgan fingerprint density at radius 3 is 2.54 bits per heavy atom. The van der Waals surface area contributed by atoms with Gasteiger partial charge in [0.05, 0.1) is 6.61 Å². The summed E-state index contributed by atoms with van der Waals surface area (Å²) in [6.07, 6.45) is 1.03. The average molecular weight is 387 g/mol. The van der Waals surface area contributed by atoms with E-state index in [-0.39, 0.29) is 30.1 Å². The summed E-state index contributed by atoms with van der Waals surface area (Å²) < 4.78 is 18.0. The van der Waals surface area contributed by atoms with Crippen LogP contribution >= 0.6 is 0 Å². The number of benzene rings is 1. The summed E-state index contributed by atoms with van der Waals surface area (Å²) in [6, 6.07) is 7.55. The Labute approximate surface area is 162 Å². The summed E-state index contributed by atoms with van der Waals surface area (Å²) >= 11 is 0. The lowest BCUT2D eigenvalue weighted by Gasteiger charge is -2.34. The molecule has 0 bridgehead atoms. The largest absolute Gasteiger partial charge is 0.450 e. The molecule has 0 saturated carbocycles. The third-order valence-corrected chi connectivity index (χ3v) is 4.38. The monoisotopic (exact) mass is 387 g/mol. The van der Waals surface area contributed by atoms with E-state index in [1.54, 1.807) is 30.0 Å². The maximum absolute atomic E-state index is 12.9. The first-order chi connectivity index (χ1) is 13.6. The van der Waals surface area contributed by atoms with Gasteiger partial charge in [0, 0.05) is 38.8 Å². The maximum atomic E-state index is 12.9. The number of ether oxygens (including phenoxy) is 1. The van der Waals surface area contributed by atoms with Gasteiger partial charge in [-0.15, -0.1) is 0 Å². The molecule has 1 aromatic carbocycles. The van der Waals surface area contributed by atoms with Gasteiger partial charge in [0.25, 0.3) is 5.91 Å². The number of nitrogens with one attached hydrogen (secondary N) is 1. The predicted octanol–water partition coefficient (Wildman–Crippen LogP) is 1.82. The van der Waals surface area contributed by atoms with Gasteiger partial charge >= 0.3 is 6.09 Å². The molecule has 0 spiro atoms. The number of anilines is 1. The fraction of sp³-hybridized carbons (Fsp3) is 0.368. The number of carbonyl (C=O) groups excluding carboxylic acids is 2. The van der Waals surface area contributed by atoms with Crippen molar-refractivity contribution in [3.05, 3.63) is 53.7 Å². The number of piperazine rings is 1. The lowest BCUT2D eigenvalue weighted by molar-refractivity contribution is 0.0945. The molecule has 1 N–H and O–H groups in total. The van der Waals surface area contributed by atoms with E-state index in [0.29, 0.717) is 38.6 Å². The molecule has 0 atom stereocenters. The van der Waals surface area contributed by atoms with E-state index in [0.717, 1.165) is 5.56 Å². The van der Waals surface area contributed by atoms with Gasteiger partial charge in [-0.1, -0.05) is 12.1 Å². The Kier molecular flexibility index (Phi) is 6.36. The van der Waals surface area contributed by atoms with Crippen LogP contribution in [0.2, 0.25) is 0 Å². The number of aromatic nitrogens is 2. The van der Waals surface area contributed by atoms with Gasteiger partial charge in [-0.05, 0) is 24.6 Å². The molecule has 28 heavy (non-hydrogen) atoms. The van der Waals surface area contributed by atoms with Gasteiger partial charge in [0.15, 0.2) is 0 Å². The Hall–Kier alpha value is -3.23. The van der Waals surface area contributed by atoms with Crippen LogP contribution in [0.4, 0.5) is 15.0 Å². The highest BCUT2D eigenvalue weighted by atomic mass is 19.1. The molecule has 3 rings (SSSR count). The van der Waals surface area contributed by atoms with Crippen molar-refractivity contribution in [1.29, 1.82) is 0 Å². The molecule has 2 aromatic rings. The van der Waals surface area contributed by atoms with Gasteiger partial charge in [0.1, 0.15) is 23.7 Å². The quantitative estimate of drug-likeness (QED) is 0.842. The van der Waals surface area contributed by atoms with Crippen LogP contribution < -0.4 is 10.2 Å². The standard InChI is InChI=1S/C19H22FN5O3/c1-2-28-19(27)25-9-7-24(8-10-25)17-11-16(22-13-23-17)18(26)21-12-14-3-5-15(20)6-4-14/h3-6,11,13H,2,7-10,12H2,1H3,(H,21,26). The van der Waals surface area contributed by atoms with Crippen LogP contribution in [0, 0.1) is 5.82 Å². The highest BCUT2D eigenvalue weighted by Crippen LogP contribution is 2.14. The molecule has 1 saturated heterocycles. The van der Waals surface area contributed by atoms with Gasteiger partial charge in [0.2, 0.25) is 0 Å². The Bertz CT molecular complexity index is 823. The summed E-state index contributed by atoms with van der Waals surface area (Å²) in [4.78, 5) is 36.1. The first-order valence-electron chi connectivity index (χ1n) is 9.08. The summed E-state index contributed by atoms with van der Waals surface area (Å²) in [5.41, 5.74) is 1.04. The van der Waals surface area contributed by atoms with Crippen molar-refractivity contribution in [3.63, 3.8) is 0 Å². The number of amides is 2. The summed E-state index contributed by atoms with van der Waals surface area (Å²) in [6.45, 7) is 4.62. The van der Waals surface area contributed by atoms with Crippen LogP contribution in [0.3, 0.4) is 0 Å². The minimum absolute atomic E-state index is 0.250. The van der Waals surface area contributed by atoms with Gasteiger partial charge in [-0.3, -0.25) is 4.79 Å². The van der Waals surface area contributed by atoms with E-state index < -0.39 is 0 Å². The van der Waals surface area contributed by atoms with Crippen molar-refractivity contribution in [3.8, 4) is 0 Å². The van der Waals surface area contributed by atoms with Crippen LogP contribution in [0.5, 0.6) is 0 Å². The van der Waals surface area contributed by atoms with Gasteiger partial charge < -0.3 is 19.9 Å². The third kappa shape index (κ3) is 4.93. The van der Waals surface area contributed by atoms with Crippen molar-refractivity contribution in [2.75, 3.05) is 37.7 Å². The van der Waals surface area contributed by atoms with Crippen LogP contribution in [0.25, 0.3) is 0 Å². The van der Waals surface area contributed by atoms with Crippen molar-refractivity contribution >= 4 is 17.8 Å². The molecule has 0 radical (unpaired) electrons. The highest BCUT2D eigenvalue weighted by molar-refractivity contribution is 5.92. The number of hydrogen-bond acceptors (Lipinski definition) is 6. The van der Waals surface area contributed by atoms with Crippen molar-refractivity contribution in [2.45, 2.75) is 13.5 Å². The minimum atomic E-state index is -0.335. The van der Waals surface area contributed by atoms with Crippen LogP contribution in [0.15, 0.2) is 36.7 Å². The Balaban J connectivity index is 1.57. The first kappa shape index (κ1) is 19.5. The van der Waals surface area contributed by atoms with Crippen LogP contribution in [-0.4, -0.2) is 59.7 Å². The highest BCUT2D eigenvalue weighted by Gasteiger charge is 2.23. The van der Waals surface area contributed by atoms with Gasteiger partial charge in [-0.25, -0.2) is 19.2 Å². The molecule has 0 unspecified atom stereocenters. The van der Waals surface area contributed by atoms with Crippen molar-refractivity contribution in [2.24, 2.45) is 0 Å². The van der Waals surface area contributed by atoms with E-state index in [1.165, 1.54) is 18.5 Å². The fourth-order valence-corrected chi connectivity index (χ4v) is 2.85.